The van der Waals surface area contributed by atoms with E-state index in [1.807, 2.05) is 6.07 Å². The van der Waals surface area contributed by atoms with Crippen molar-refractivity contribution >= 4 is 17.6 Å². The van der Waals surface area contributed by atoms with E-state index in [0.717, 1.165) is 50.0 Å². The van der Waals surface area contributed by atoms with E-state index in [9.17, 15) is 4.79 Å². The average Bonchev–Trinajstić information content (AvgIpc) is 2.94. The summed E-state index contributed by atoms with van der Waals surface area (Å²) < 4.78 is 16.3. The zero-order chi connectivity index (χ0) is 21.3. The summed E-state index contributed by atoms with van der Waals surface area (Å²) in [6.07, 6.45) is 8.42. The summed E-state index contributed by atoms with van der Waals surface area (Å²) in [5, 5.41) is 0. The molecule has 4 heteroatoms. The molecule has 0 fully saturated rings. The molecule has 160 valence electrons. The van der Waals surface area contributed by atoms with Crippen LogP contribution in [0.4, 0.5) is 0 Å². The fraction of sp³-hybridized carbons (Fsp3) is 0.423. The molecule has 2 aromatic carbocycles. The van der Waals surface area contributed by atoms with Crippen LogP contribution in [0.3, 0.4) is 0 Å². The lowest BCUT2D eigenvalue weighted by Crippen LogP contribution is -2.02. The highest BCUT2D eigenvalue weighted by molar-refractivity contribution is 5.84. The Morgan fingerprint density at radius 2 is 1.77 bits per heavy atom. The molecular weight excluding hydrogens is 376 g/mol. The third kappa shape index (κ3) is 6.12. The quantitative estimate of drug-likeness (QED) is 0.377. The Labute approximate surface area is 179 Å². The van der Waals surface area contributed by atoms with Gasteiger partial charge in [0.25, 0.3) is 0 Å². The third-order valence-electron chi connectivity index (χ3n) is 5.48. The van der Waals surface area contributed by atoms with Crippen LogP contribution < -0.4 is 9.47 Å². The SMILES string of the molecule is COc1ccc(C2=Cc3ccc(OCCCCCOC(C)=O)cc3CCC2)c(C)c1. The topological polar surface area (TPSA) is 44.8 Å². The van der Waals surface area contributed by atoms with Gasteiger partial charge in [0, 0.05) is 6.92 Å². The summed E-state index contributed by atoms with van der Waals surface area (Å²) >= 11 is 0. The van der Waals surface area contributed by atoms with E-state index < -0.39 is 0 Å². The van der Waals surface area contributed by atoms with E-state index in [-0.39, 0.29) is 5.97 Å². The van der Waals surface area contributed by atoms with Crippen molar-refractivity contribution in [3.8, 4) is 11.5 Å². The van der Waals surface area contributed by atoms with Gasteiger partial charge in [0.2, 0.25) is 0 Å². The number of hydrogen-bond donors (Lipinski definition) is 0. The van der Waals surface area contributed by atoms with Gasteiger partial charge < -0.3 is 14.2 Å². The van der Waals surface area contributed by atoms with E-state index in [1.165, 1.54) is 34.8 Å². The molecule has 0 aromatic heterocycles. The van der Waals surface area contributed by atoms with Gasteiger partial charge in [-0.05, 0) is 97.5 Å². The number of ether oxygens (including phenoxy) is 3. The van der Waals surface area contributed by atoms with Gasteiger partial charge in [-0.3, -0.25) is 4.79 Å². The van der Waals surface area contributed by atoms with Gasteiger partial charge >= 0.3 is 5.97 Å². The number of hydrogen-bond acceptors (Lipinski definition) is 4. The molecule has 1 aliphatic rings. The van der Waals surface area contributed by atoms with Gasteiger partial charge in [0.1, 0.15) is 11.5 Å². The van der Waals surface area contributed by atoms with Crippen LogP contribution in [0.5, 0.6) is 11.5 Å². The van der Waals surface area contributed by atoms with Crippen LogP contribution in [-0.2, 0) is 16.0 Å². The summed E-state index contributed by atoms with van der Waals surface area (Å²) in [5.74, 6) is 1.63. The first-order chi connectivity index (χ1) is 14.6. The Balaban J connectivity index is 1.60. The molecule has 0 aliphatic heterocycles. The number of carbonyl (C=O) groups is 1. The zero-order valence-electron chi connectivity index (χ0n) is 18.3. The molecule has 0 heterocycles. The highest BCUT2D eigenvalue weighted by Gasteiger charge is 2.13. The molecule has 0 bridgehead atoms. The van der Waals surface area contributed by atoms with Crippen LogP contribution in [0, 0.1) is 6.92 Å². The molecule has 0 N–H and O–H groups in total. The summed E-state index contributed by atoms with van der Waals surface area (Å²) in [6.45, 7) is 4.77. The first-order valence-electron chi connectivity index (χ1n) is 10.8. The molecule has 30 heavy (non-hydrogen) atoms. The molecule has 1 aliphatic carbocycles. The van der Waals surface area contributed by atoms with Crippen LogP contribution in [-0.4, -0.2) is 26.3 Å². The lowest BCUT2D eigenvalue weighted by Gasteiger charge is -2.11. The molecule has 0 unspecified atom stereocenters. The summed E-state index contributed by atoms with van der Waals surface area (Å²) in [4.78, 5) is 10.7. The normalized spacial score (nSPS) is 13.1. The second-order valence-electron chi connectivity index (χ2n) is 7.81. The van der Waals surface area contributed by atoms with E-state index in [4.69, 9.17) is 14.2 Å². The molecule has 0 radical (unpaired) electrons. The standard InChI is InChI=1S/C26H32O4/c1-19-16-24(28-3)12-13-26(19)23-9-7-8-21-18-25(11-10-22(21)17-23)30-15-6-4-5-14-29-20(2)27/h10-13,16-18H,4-9,14-15H2,1-3H3. The van der Waals surface area contributed by atoms with Crippen molar-refractivity contribution in [3.05, 3.63) is 58.7 Å². The van der Waals surface area contributed by atoms with Crippen molar-refractivity contribution in [2.24, 2.45) is 0 Å². The predicted octanol–water partition coefficient (Wildman–Crippen LogP) is 5.99. The Hall–Kier alpha value is -2.75. The minimum atomic E-state index is -0.212. The monoisotopic (exact) mass is 408 g/mol. The van der Waals surface area contributed by atoms with Crippen molar-refractivity contribution < 1.29 is 19.0 Å². The molecule has 2 aromatic rings. The van der Waals surface area contributed by atoms with E-state index in [0.29, 0.717) is 13.2 Å². The third-order valence-corrected chi connectivity index (χ3v) is 5.48. The minimum Gasteiger partial charge on any atom is -0.497 e. The van der Waals surface area contributed by atoms with Gasteiger partial charge in [-0.15, -0.1) is 0 Å². The lowest BCUT2D eigenvalue weighted by molar-refractivity contribution is -0.141. The highest BCUT2D eigenvalue weighted by atomic mass is 16.5. The average molecular weight is 409 g/mol. The van der Waals surface area contributed by atoms with Crippen molar-refractivity contribution in [2.75, 3.05) is 20.3 Å². The van der Waals surface area contributed by atoms with Crippen LogP contribution in [0.1, 0.15) is 61.3 Å². The van der Waals surface area contributed by atoms with Crippen LogP contribution in [0.2, 0.25) is 0 Å². The Morgan fingerprint density at radius 1 is 0.967 bits per heavy atom. The van der Waals surface area contributed by atoms with Gasteiger partial charge in [-0.2, -0.15) is 0 Å². The summed E-state index contributed by atoms with van der Waals surface area (Å²) in [6, 6.07) is 12.7. The van der Waals surface area contributed by atoms with Crippen molar-refractivity contribution in [1.82, 2.24) is 0 Å². The molecule has 0 saturated heterocycles. The number of carbonyl (C=O) groups excluding carboxylic acids is 1. The molecule has 0 atom stereocenters. The fourth-order valence-corrected chi connectivity index (χ4v) is 3.88. The van der Waals surface area contributed by atoms with Crippen LogP contribution >= 0.6 is 0 Å². The molecular formula is C26H32O4. The van der Waals surface area contributed by atoms with E-state index >= 15 is 0 Å². The van der Waals surface area contributed by atoms with Gasteiger partial charge in [-0.1, -0.05) is 18.2 Å². The van der Waals surface area contributed by atoms with Crippen molar-refractivity contribution in [1.29, 1.82) is 0 Å². The number of aryl methyl sites for hydroxylation is 2. The first-order valence-corrected chi connectivity index (χ1v) is 10.8. The van der Waals surface area contributed by atoms with Gasteiger partial charge in [-0.25, -0.2) is 0 Å². The number of allylic oxidation sites excluding steroid dienone is 1. The number of rotatable bonds is 9. The maximum absolute atomic E-state index is 10.7. The van der Waals surface area contributed by atoms with Gasteiger partial charge in [0.15, 0.2) is 0 Å². The molecule has 0 saturated carbocycles. The van der Waals surface area contributed by atoms with Crippen LogP contribution in [0.15, 0.2) is 36.4 Å². The molecule has 0 spiro atoms. The number of methoxy groups -OCH3 is 1. The Kier molecular flexibility index (Phi) is 7.95. The number of esters is 1. The lowest BCUT2D eigenvalue weighted by atomic mass is 9.96. The second kappa shape index (κ2) is 10.9. The first kappa shape index (κ1) is 21.9. The molecule has 3 rings (SSSR count). The van der Waals surface area contributed by atoms with Gasteiger partial charge in [0.05, 0.1) is 20.3 Å². The smallest absolute Gasteiger partial charge is 0.302 e. The minimum absolute atomic E-state index is 0.212. The number of benzene rings is 2. The second-order valence-corrected chi connectivity index (χ2v) is 7.81. The van der Waals surface area contributed by atoms with Crippen LogP contribution in [0.25, 0.3) is 11.6 Å². The summed E-state index contributed by atoms with van der Waals surface area (Å²) in [5.41, 5.74) is 6.57. The fourth-order valence-electron chi connectivity index (χ4n) is 3.88. The Morgan fingerprint density at radius 3 is 2.53 bits per heavy atom. The Bertz CT molecular complexity index is 898. The number of unbranched alkanes of at least 4 members (excludes halogenated alkanes) is 2. The maximum Gasteiger partial charge on any atom is 0.302 e. The maximum atomic E-state index is 10.7. The zero-order valence-corrected chi connectivity index (χ0v) is 18.3. The number of fused-ring (bicyclic) bond motifs is 1. The van der Waals surface area contributed by atoms with Crippen molar-refractivity contribution in [2.45, 2.75) is 52.4 Å². The molecule has 4 nitrogen and oxygen atoms in total. The highest BCUT2D eigenvalue weighted by Crippen LogP contribution is 2.33. The molecule has 0 amide bonds. The summed E-state index contributed by atoms with van der Waals surface area (Å²) in [7, 11) is 1.71. The van der Waals surface area contributed by atoms with Crippen molar-refractivity contribution in [3.63, 3.8) is 0 Å². The van der Waals surface area contributed by atoms with E-state index in [1.54, 1.807) is 7.11 Å². The predicted molar refractivity (Wildman–Crippen MR) is 121 cm³/mol. The largest absolute Gasteiger partial charge is 0.497 e. The van der Waals surface area contributed by atoms with E-state index in [2.05, 4.69) is 43.3 Å².